The van der Waals surface area contributed by atoms with E-state index in [1.54, 1.807) is 0 Å². The Balaban J connectivity index is 2.16. The minimum absolute atomic E-state index is 0.613. The first-order chi connectivity index (χ1) is 6.77. The summed E-state index contributed by atoms with van der Waals surface area (Å²) in [6.45, 7) is 1.72. The maximum absolute atomic E-state index is 11.2. The third-order valence-corrected chi connectivity index (χ3v) is 4.33. The number of pyridine rings is 1. The van der Waals surface area contributed by atoms with Crippen LogP contribution in [0.5, 0.6) is 0 Å². The van der Waals surface area contributed by atoms with E-state index in [1.165, 1.54) is 0 Å². The Kier molecular flexibility index (Phi) is 3.38. The predicted octanol–water partition coefficient (Wildman–Crippen LogP) is 1.25. The van der Waals surface area contributed by atoms with E-state index in [-0.39, 0.29) is 0 Å². The molecule has 0 radical (unpaired) electrons. The fourth-order valence-electron chi connectivity index (χ4n) is 1.46. The summed E-state index contributed by atoms with van der Waals surface area (Å²) in [6, 6.07) is 3.99. The van der Waals surface area contributed by atoms with Gasteiger partial charge >= 0.3 is 0 Å². The summed E-state index contributed by atoms with van der Waals surface area (Å²) in [5, 5.41) is 0. The van der Waals surface area contributed by atoms with Gasteiger partial charge in [-0.2, -0.15) is 0 Å². The zero-order chi connectivity index (χ0) is 9.97. The van der Waals surface area contributed by atoms with Crippen molar-refractivity contribution in [3.05, 3.63) is 21.9 Å². The summed E-state index contributed by atoms with van der Waals surface area (Å²) in [6.07, 6.45) is 1.81. The molecule has 76 valence electrons. The SMILES string of the molecule is O=S1CCN(c2ncccc2I)CC1. The van der Waals surface area contributed by atoms with E-state index < -0.39 is 10.8 Å². The number of anilines is 1. The number of aromatic nitrogens is 1. The lowest BCUT2D eigenvalue weighted by Crippen LogP contribution is -2.38. The third kappa shape index (κ3) is 2.25. The molecule has 0 unspecified atom stereocenters. The largest absolute Gasteiger partial charge is 0.354 e. The van der Waals surface area contributed by atoms with Crippen molar-refractivity contribution >= 4 is 39.2 Å². The normalized spacial score (nSPS) is 18.5. The van der Waals surface area contributed by atoms with Crippen LogP contribution < -0.4 is 4.90 Å². The molecule has 0 N–H and O–H groups in total. The number of hydrogen-bond donors (Lipinski definition) is 0. The van der Waals surface area contributed by atoms with Crippen molar-refractivity contribution in [3.8, 4) is 0 Å². The Labute approximate surface area is 99.5 Å². The molecule has 0 aromatic carbocycles. The van der Waals surface area contributed by atoms with Crippen molar-refractivity contribution in [2.45, 2.75) is 0 Å². The molecule has 2 heterocycles. The van der Waals surface area contributed by atoms with Gasteiger partial charge in [0, 0.05) is 41.6 Å². The van der Waals surface area contributed by atoms with Gasteiger partial charge in [-0.1, -0.05) is 0 Å². The zero-order valence-corrected chi connectivity index (χ0v) is 10.6. The number of rotatable bonds is 1. The summed E-state index contributed by atoms with van der Waals surface area (Å²) in [4.78, 5) is 6.56. The Morgan fingerprint density at radius 3 is 2.79 bits per heavy atom. The molecule has 0 aliphatic carbocycles. The molecule has 3 nitrogen and oxygen atoms in total. The van der Waals surface area contributed by atoms with Gasteiger partial charge in [0.05, 0.1) is 3.57 Å². The molecule has 5 heteroatoms. The molecular formula is C9H11IN2OS. The van der Waals surface area contributed by atoms with Gasteiger partial charge in [-0.25, -0.2) is 4.98 Å². The fraction of sp³-hybridized carbons (Fsp3) is 0.444. The molecule has 1 fully saturated rings. The van der Waals surface area contributed by atoms with Crippen molar-refractivity contribution in [1.29, 1.82) is 0 Å². The second-order valence-electron chi connectivity index (χ2n) is 3.14. The third-order valence-electron chi connectivity index (χ3n) is 2.22. The first-order valence-corrected chi connectivity index (χ1v) is 7.04. The average Bonchev–Trinajstić information content (AvgIpc) is 2.20. The zero-order valence-electron chi connectivity index (χ0n) is 7.65. The second-order valence-corrected chi connectivity index (χ2v) is 6.00. The number of hydrogen-bond acceptors (Lipinski definition) is 3. The van der Waals surface area contributed by atoms with Crippen LogP contribution in [0.4, 0.5) is 5.82 Å². The van der Waals surface area contributed by atoms with Gasteiger partial charge in [-0.15, -0.1) is 0 Å². The maximum Gasteiger partial charge on any atom is 0.142 e. The molecule has 0 amide bonds. The molecule has 1 aliphatic heterocycles. The summed E-state index contributed by atoms with van der Waals surface area (Å²) in [7, 11) is -0.613. The topological polar surface area (TPSA) is 33.2 Å². The molecule has 1 aromatic heterocycles. The Morgan fingerprint density at radius 2 is 2.14 bits per heavy atom. The minimum atomic E-state index is -0.613. The van der Waals surface area contributed by atoms with Gasteiger partial charge in [0.25, 0.3) is 0 Å². The summed E-state index contributed by atoms with van der Waals surface area (Å²) < 4.78 is 12.4. The standard InChI is InChI=1S/C9H11IN2OS/c10-8-2-1-3-11-9(8)12-4-6-14(13)7-5-12/h1-3H,4-7H2. The van der Waals surface area contributed by atoms with Crippen molar-refractivity contribution in [2.24, 2.45) is 0 Å². The quantitative estimate of drug-likeness (QED) is 0.730. The van der Waals surface area contributed by atoms with Gasteiger partial charge in [0.15, 0.2) is 0 Å². The molecule has 1 aromatic rings. The first kappa shape index (κ1) is 10.4. The van der Waals surface area contributed by atoms with E-state index in [9.17, 15) is 4.21 Å². The van der Waals surface area contributed by atoms with Gasteiger partial charge in [-0.05, 0) is 34.7 Å². The highest BCUT2D eigenvalue weighted by atomic mass is 127. The van der Waals surface area contributed by atoms with Crippen LogP contribution in [0.15, 0.2) is 18.3 Å². The van der Waals surface area contributed by atoms with Gasteiger partial charge in [-0.3, -0.25) is 4.21 Å². The lowest BCUT2D eigenvalue weighted by molar-refractivity contribution is 0.672. The van der Waals surface area contributed by atoms with Crippen LogP contribution in [0.2, 0.25) is 0 Å². The van der Waals surface area contributed by atoms with Crippen molar-refractivity contribution in [3.63, 3.8) is 0 Å². The molecule has 0 atom stereocenters. The predicted molar refractivity (Wildman–Crippen MR) is 67.0 cm³/mol. The van der Waals surface area contributed by atoms with Crippen molar-refractivity contribution in [2.75, 3.05) is 29.5 Å². The van der Waals surface area contributed by atoms with Crippen LogP contribution >= 0.6 is 22.6 Å². The van der Waals surface area contributed by atoms with E-state index in [1.807, 2.05) is 12.3 Å². The second kappa shape index (κ2) is 4.57. The molecule has 1 aliphatic rings. The van der Waals surface area contributed by atoms with Gasteiger partial charge < -0.3 is 4.90 Å². The van der Waals surface area contributed by atoms with Crippen molar-refractivity contribution < 1.29 is 4.21 Å². The highest BCUT2D eigenvalue weighted by molar-refractivity contribution is 14.1. The van der Waals surface area contributed by atoms with Crippen molar-refractivity contribution in [1.82, 2.24) is 4.98 Å². The fourth-order valence-corrected chi connectivity index (χ4v) is 3.20. The minimum Gasteiger partial charge on any atom is -0.354 e. The van der Waals surface area contributed by atoms with E-state index in [2.05, 4.69) is 38.5 Å². The monoisotopic (exact) mass is 322 g/mol. The smallest absolute Gasteiger partial charge is 0.142 e. The van der Waals surface area contributed by atoms with Crippen LogP contribution in [0.3, 0.4) is 0 Å². The molecule has 0 spiro atoms. The van der Waals surface area contributed by atoms with Crippen LogP contribution in [0, 0.1) is 3.57 Å². The maximum atomic E-state index is 11.2. The Bertz CT molecular complexity index is 348. The summed E-state index contributed by atoms with van der Waals surface area (Å²) in [5.74, 6) is 2.57. The van der Waals surface area contributed by atoms with Crippen LogP contribution in [0.25, 0.3) is 0 Å². The summed E-state index contributed by atoms with van der Waals surface area (Å²) >= 11 is 2.29. The highest BCUT2D eigenvalue weighted by Crippen LogP contribution is 2.19. The highest BCUT2D eigenvalue weighted by Gasteiger charge is 2.17. The molecule has 1 saturated heterocycles. The van der Waals surface area contributed by atoms with Crippen LogP contribution in [0.1, 0.15) is 0 Å². The number of halogens is 1. The Hall–Kier alpha value is -0.170. The molecular weight excluding hydrogens is 311 g/mol. The van der Waals surface area contributed by atoms with Crippen LogP contribution in [-0.2, 0) is 10.8 Å². The van der Waals surface area contributed by atoms with E-state index >= 15 is 0 Å². The summed E-state index contributed by atoms with van der Waals surface area (Å²) in [5.41, 5.74) is 0. The van der Waals surface area contributed by atoms with E-state index in [4.69, 9.17) is 0 Å². The average molecular weight is 322 g/mol. The lowest BCUT2D eigenvalue weighted by atomic mass is 10.4. The van der Waals surface area contributed by atoms with Crippen LogP contribution in [-0.4, -0.2) is 33.8 Å². The Morgan fingerprint density at radius 1 is 1.43 bits per heavy atom. The molecule has 0 saturated carbocycles. The lowest BCUT2D eigenvalue weighted by Gasteiger charge is -2.27. The van der Waals surface area contributed by atoms with Gasteiger partial charge in [0.2, 0.25) is 0 Å². The van der Waals surface area contributed by atoms with Gasteiger partial charge in [0.1, 0.15) is 5.82 Å². The van der Waals surface area contributed by atoms with E-state index in [0.717, 1.165) is 34.0 Å². The number of nitrogens with zero attached hydrogens (tertiary/aromatic N) is 2. The first-order valence-electron chi connectivity index (χ1n) is 4.48. The molecule has 0 bridgehead atoms. The molecule has 14 heavy (non-hydrogen) atoms. The molecule has 2 rings (SSSR count). The van der Waals surface area contributed by atoms with E-state index in [0.29, 0.717) is 0 Å².